The molecule has 0 unspecified atom stereocenters. The molecule has 0 fully saturated rings. The monoisotopic (exact) mass is 350 g/mol. The standard InChI is InChI=1S/C17H16F2N2O4/c1-10(20-21-13-6-3-11(4-7-13)16(22)23)12-5-8-14(25-17(18)19)15(9-12)24-2/h3-9,17,21H,1-2H3,(H,22,23). The van der Waals surface area contributed by atoms with E-state index in [0.29, 0.717) is 17.0 Å². The number of ether oxygens (including phenoxy) is 2. The highest BCUT2D eigenvalue weighted by Crippen LogP contribution is 2.29. The third kappa shape index (κ3) is 4.90. The molecule has 0 aliphatic heterocycles. The normalized spacial score (nSPS) is 11.3. The van der Waals surface area contributed by atoms with Crippen molar-refractivity contribution in [3.8, 4) is 11.5 Å². The first-order valence-corrected chi connectivity index (χ1v) is 7.17. The van der Waals surface area contributed by atoms with Gasteiger partial charge in [0.25, 0.3) is 0 Å². The second-order valence-electron chi connectivity index (χ2n) is 4.94. The third-order valence-corrected chi connectivity index (χ3v) is 3.28. The van der Waals surface area contributed by atoms with Crippen LogP contribution in [0, 0.1) is 0 Å². The summed E-state index contributed by atoms with van der Waals surface area (Å²) in [4.78, 5) is 10.8. The number of nitrogens with zero attached hydrogens (tertiary/aromatic N) is 1. The van der Waals surface area contributed by atoms with E-state index in [1.165, 1.54) is 31.4 Å². The van der Waals surface area contributed by atoms with Crippen molar-refractivity contribution in [2.75, 3.05) is 12.5 Å². The quantitative estimate of drug-likeness (QED) is 0.586. The number of carboxylic acids is 1. The summed E-state index contributed by atoms with van der Waals surface area (Å²) in [6.07, 6.45) is 0. The molecule has 2 N–H and O–H groups in total. The van der Waals surface area contributed by atoms with Crippen LogP contribution in [-0.4, -0.2) is 30.5 Å². The Labute approximate surface area is 142 Å². The molecule has 2 aromatic carbocycles. The Morgan fingerprint density at radius 3 is 2.32 bits per heavy atom. The van der Waals surface area contributed by atoms with Crippen LogP contribution in [0.5, 0.6) is 11.5 Å². The van der Waals surface area contributed by atoms with Crippen molar-refractivity contribution in [3.05, 3.63) is 53.6 Å². The molecule has 2 aromatic rings. The average molecular weight is 350 g/mol. The molecule has 8 heteroatoms. The number of hydrogen-bond donors (Lipinski definition) is 2. The van der Waals surface area contributed by atoms with Gasteiger partial charge in [0.1, 0.15) is 0 Å². The number of halogens is 2. The molecule has 132 valence electrons. The summed E-state index contributed by atoms with van der Waals surface area (Å²) in [5.41, 5.74) is 4.79. The maximum absolute atomic E-state index is 12.3. The maximum atomic E-state index is 12.3. The Morgan fingerprint density at radius 1 is 1.12 bits per heavy atom. The van der Waals surface area contributed by atoms with Crippen molar-refractivity contribution in [3.63, 3.8) is 0 Å². The van der Waals surface area contributed by atoms with Crippen molar-refractivity contribution in [1.29, 1.82) is 0 Å². The Bertz CT molecular complexity index is 777. The summed E-state index contributed by atoms with van der Waals surface area (Å²) in [7, 11) is 1.35. The molecule has 25 heavy (non-hydrogen) atoms. The molecule has 0 aliphatic carbocycles. The van der Waals surface area contributed by atoms with Gasteiger partial charge in [-0.2, -0.15) is 13.9 Å². The zero-order valence-electron chi connectivity index (χ0n) is 13.5. The van der Waals surface area contributed by atoms with Gasteiger partial charge in [0, 0.05) is 5.56 Å². The second kappa shape index (κ2) is 8.09. The van der Waals surface area contributed by atoms with Crippen molar-refractivity contribution in [1.82, 2.24) is 0 Å². The fourth-order valence-corrected chi connectivity index (χ4v) is 1.99. The van der Waals surface area contributed by atoms with Crippen LogP contribution in [0.2, 0.25) is 0 Å². The molecule has 0 radical (unpaired) electrons. The van der Waals surface area contributed by atoms with Gasteiger partial charge in [-0.1, -0.05) is 0 Å². The summed E-state index contributed by atoms with van der Waals surface area (Å²) < 4.78 is 34.1. The highest BCUT2D eigenvalue weighted by molar-refractivity contribution is 5.99. The van der Waals surface area contributed by atoms with E-state index in [9.17, 15) is 13.6 Å². The minimum absolute atomic E-state index is 0.0636. The lowest BCUT2D eigenvalue weighted by atomic mass is 10.1. The number of rotatable bonds is 7. The van der Waals surface area contributed by atoms with E-state index in [2.05, 4.69) is 15.3 Å². The lowest BCUT2D eigenvalue weighted by molar-refractivity contribution is -0.0512. The van der Waals surface area contributed by atoms with Crippen molar-refractivity contribution >= 4 is 17.4 Å². The Balaban J connectivity index is 2.14. The highest BCUT2D eigenvalue weighted by atomic mass is 19.3. The Morgan fingerprint density at radius 2 is 1.76 bits per heavy atom. The van der Waals surface area contributed by atoms with Crippen LogP contribution in [0.25, 0.3) is 0 Å². The van der Waals surface area contributed by atoms with Crippen molar-refractivity contribution in [2.45, 2.75) is 13.5 Å². The van der Waals surface area contributed by atoms with Crippen molar-refractivity contribution < 1.29 is 28.2 Å². The number of hydrogen-bond acceptors (Lipinski definition) is 5. The van der Waals surface area contributed by atoms with E-state index in [1.807, 2.05) is 0 Å². The largest absolute Gasteiger partial charge is 0.493 e. The Kier molecular flexibility index (Phi) is 5.89. The highest BCUT2D eigenvalue weighted by Gasteiger charge is 2.12. The first kappa shape index (κ1) is 18.2. The fraction of sp³-hybridized carbons (Fsp3) is 0.176. The summed E-state index contributed by atoms with van der Waals surface area (Å²) in [6, 6.07) is 10.6. The van der Waals surface area contributed by atoms with Gasteiger partial charge in [-0.25, -0.2) is 4.79 Å². The summed E-state index contributed by atoms with van der Waals surface area (Å²) >= 11 is 0. The number of nitrogens with one attached hydrogen (secondary N) is 1. The van der Waals surface area contributed by atoms with Gasteiger partial charge in [0.05, 0.1) is 24.1 Å². The van der Waals surface area contributed by atoms with E-state index in [0.717, 1.165) is 0 Å². The number of alkyl halides is 2. The molecule has 0 aliphatic rings. The summed E-state index contributed by atoms with van der Waals surface area (Å²) in [5, 5.41) is 13.0. The van der Waals surface area contributed by atoms with Gasteiger partial charge < -0.3 is 14.6 Å². The number of anilines is 1. The van der Waals surface area contributed by atoms with Gasteiger partial charge in [0.15, 0.2) is 11.5 Å². The molecule has 0 aromatic heterocycles. The van der Waals surface area contributed by atoms with Crippen LogP contribution in [0.4, 0.5) is 14.5 Å². The molecular weight excluding hydrogens is 334 g/mol. The molecule has 0 bridgehead atoms. The lowest BCUT2D eigenvalue weighted by Gasteiger charge is -2.11. The second-order valence-corrected chi connectivity index (χ2v) is 4.94. The lowest BCUT2D eigenvalue weighted by Crippen LogP contribution is -2.05. The minimum atomic E-state index is -2.94. The van der Waals surface area contributed by atoms with E-state index < -0.39 is 12.6 Å². The van der Waals surface area contributed by atoms with E-state index >= 15 is 0 Å². The van der Waals surface area contributed by atoms with Crippen LogP contribution in [-0.2, 0) is 0 Å². The molecule has 6 nitrogen and oxygen atoms in total. The predicted octanol–water partition coefficient (Wildman–Crippen LogP) is 3.83. The number of benzene rings is 2. The van der Waals surface area contributed by atoms with Crippen LogP contribution in [0.1, 0.15) is 22.8 Å². The van der Waals surface area contributed by atoms with Crippen LogP contribution < -0.4 is 14.9 Å². The van der Waals surface area contributed by atoms with E-state index in [4.69, 9.17) is 9.84 Å². The molecule has 0 amide bonds. The molecule has 2 rings (SSSR count). The zero-order chi connectivity index (χ0) is 18.4. The van der Waals surface area contributed by atoms with Gasteiger partial charge >= 0.3 is 12.6 Å². The zero-order valence-corrected chi connectivity index (χ0v) is 13.5. The Hall–Kier alpha value is -3.16. The van der Waals surface area contributed by atoms with Crippen LogP contribution >= 0.6 is 0 Å². The number of hydrazone groups is 1. The van der Waals surface area contributed by atoms with E-state index in [-0.39, 0.29) is 17.1 Å². The van der Waals surface area contributed by atoms with Crippen LogP contribution in [0.3, 0.4) is 0 Å². The maximum Gasteiger partial charge on any atom is 0.387 e. The summed E-state index contributed by atoms with van der Waals surface area (Å²) in [6.45, 7) is -1.22. The molecule has 0 saturated heterocycles. The molecule has 0 spiro atoms. The molecular formula is C17H16F2N2O4. The fourth-order valence-electron chi connectivity index (χ4n) is 1.99. The SMILES string of the molecule is COc1cc(C(C)=NNc2ccc(C(=O)O)cc2)ccc1OC(F)F. The number of carboxylic acid groups (broad SMARTS) is 1. The first-order valence-electron chi connectivity index (χ1n) is 7.17. The number of carbonyl (C=O) groups is 1. The first-order chi connectivity index (χ1) is 11.9. The molecule has 0 heterocycles. The average Bonchev–Trinajstić information content (AvgIpc) is 2.59. The van der Waals surface area contributed by atoms with Gasteiger partial charge in [0.2, 0.25) is 0 Å². The molecule has 0 saturated carbocycles. The van der Waals surface area contributed by atoms with Gasteiger partial charge in [-0.3, -0.25) is 5.43 Å². The van der Waals surface area contributed by atoms with Crippen molar-refractivity contribution in [2.24, 2.45) is 5.10 Å². The third-order valence-electron chi connectivity index (χ3n) is 3.28. The summed E-state index contributed by atoms with van der Waals surface area (Å²) in [5.74, 6) is -0.908. The van der Waals surface area contributed by atoms with E-state index in [1.54, 1.807) is 25.1 Å². The number of aromatic carboxylic acids is 1. The van der Waals surface area contributed by atoms with Crippen LogP contribution in [0.15, 0.2) is 47.6 Å². The topological polar surface area (TPSA) is 80.2 Å². The minimum Gasteiger partial charge on any atom is -0.493 e. The number of methoxy groups -OCH3 is 1. The van der Waals surface area contributed by atoms with Gasteiger partial charge in [-0.05, 0) is 49.4 Å². The molecule has 0 atom stereocenters. The predicted molar refractivity (Wildman–Crippen MR) is 88.9 cm³/mol. The van der Waals surface area contributed by atoms with Gasteiger partial charge in [-0.15, -0.1) is 0 Å². The smallest absolute Gasteiger partial charge is 0.387 e.